The van der Waals surface area contributed by atoms with Crippen LogP contribution < -0.4 is 5.73 Å². The van der Waals surface area contributed by atoms with Gasteiger partial charge in [0.15, 0.2) is 0 Å². The molecule has 2 aromatic carbocycles. The molecule has 0 fully saturated rings. The van der Waals surface area contributed by atoms with Crippen LogP contribution in [0.15, 0.2) is 36.4 Å². The molecule has 2 rings (SSSR count). The molecule has 2 N–H and O–H groups in total. The minimum Gasteiger partial charge on any atom is -0.399 e. The summed E-state index contributed by atoms with van der Waals surface area (Å²) in [5.74, 6) is -0.354. The Balaban J connectivity index is 2.62. The summed E-state index contributed by atoms with van der Waals surface area (Å²) >= 11 is 12.0. The van der Waals surface area contributed by atoms with E-state index in [0.717, 1.165) is 0 Å². The molecular weight excluding hydrogens is 248 g/mol. The van der Waals surface area contributed by atoms with Gasteiger partial charge in [0.05, 0.1) is 5.02 Å². The normalized spacial score (nSPS) is 10.4. The first-order chi connectivity index (χ1) is 7.58. The Kier molecular flexibility index (Phi) is 3.03. The molecule has 1 nitrogen and oxygen atoms in total. The van der Waals surface area contributed by atoms with Crippen molar-refractivity contribution in [1.82, 2.24) is 0 Å². The zero-order valence-corrected chi connectivity index (χ0v) is 9.69. The van der Waals surface area contributed by atoms with Gasteiger partial charge in [-0.1, -0.05) is 29.3 Å². The lowest BCUT2D eigenvalue weighted by Gasteiger charge is -2.07. The van der Waals surface area contributed by atoms with Crippen molar-refractivity contribution in [3.8, 4) is 11.1 Å². The fraction of sp³-hybridized carbons (Fsp3) is 0. The zero-order chi connectivity index (χ0) is 11.7. The molecule has 2 aromatic rings. The molecule has 0 atom stereocenters. The second kappa shape index (κ2) is 4.32. The molecule has 0 aliphatic rings. The van der Waals surface area contributed by atoms with E-state index in [1.165, 1.54) is 18.2 Å². The molecule has 0 aliphatic carbocycles. The van der Waals surface area contributed by atoms with Gasteiger partial charge in [0.2, 0.25) is 0 Å². The Morgan fingerprint density at radius 3 is 2.31 bits per heavy atom. The molecule has 0 saturated carbocycles. The monoisotopic (exact) mass is 255 g/mol. The van der Waals surface area contributed by atoms with Crippen LogP contribution in [0.4, 0.5) is 10.1 Å². The van der Waals surface area contributed by atoms with Crippen LogP contribution in [-0.2, 0) is 0 Å². The highest BCUT2D eigenvalue weighted by atomic mass is 35.5. The quantitative estimate of drug-likeness (QED) is 0.752. The number of nitrogens with two attached hydrogens (primary N) is 1. The van der Waals surface area contributed by atoms with Crippen molar-refractivity contribution < 1.29 is 4.39 Å². The van der Waals surface area contributed by atoms with E-state index in [9.17, 15) is 4.39 Å². The minimum absolute atomic E-state index is 0.354. The summed E-state index contributed by atoms with van der Waals surface area (Å²) in [6.45, 7) is 0. The number of benzene rings is 2. The molecule has 0 aliphatic heterocycles. The second-order valence-corrected chi connectivity index (χ2v) is 4.18. The average molecular weight is 256 g/mol. The lowest BCUT2D eigenvalue weighted by atomic mass is 10.1. The molecule has 0 aromatic heterocycles. The standard InChI is InChI=1S/C12H8Cl2FN/c13-11-4-1-7(15)5-10(11)9-3-2-8(16)6-12(9)14/h1-6H,16H2. The van der Waals surface area contributed by atoms with Crippen molar-refractivity contribution in [1.29, 1.82) is 0 Å². The third kappa shape index (κ3) is 2.13. The number of anilines is 1. The smallest absolute Gasteiger partial charge is 0.123 e. The van der Waals surface area contributed by atoms with Crippen molar-refractivity contribution in [2.75, 3.05) is 5.73 Å². The second-order valence-electron chi connectivity index (χ2n) is 3.36. The van der Waals surface area contributed by atoms with Crippen LogP contribution in [-0.4, -0.2) is 0 Å². The molecule has 0 unspecified atom stereocenters. The van der Waals surface area contributed by atoms with Crippen molar-refractivity contribution in [2.45, 2.75) is 0 Å². The first kappa shape index (κ1) is 11.2. The van der Waals surface area contributed by atoms with Crippen LogP contribution in [0.2, 0.25) is 10.0 Å². The van der Waals surface area contributed by atoms with Gasteiger partial charge >= 0.3 is 0 Å². The molecule has 0 spiro atoms. The van der Waals surface area contributed by atoms with Crippen molar-refractivity contribution in [2.24, 2.45) is 0 Å². The summed E-state index contributed by atoms with van der Waals surface area (Å²) in [4.78, 5) is 0. The molecule has 16 heavy (non-hydrogen) atoms. The van der Waals surface area contributed by atoms with Gasteiger partial charge in [-0.2, -0.15) is 0 Å². The van der Waals surface area contributed by atoms with Gasteiger partial charge < -0.3 is 5.73 Å². The van der Waals surface area contributed by atoms with E-state index in [1.54, 1.807) is 18.2 Å². The summed E-state index contributed by atoms with van der Waals surface area (Å²) in [5.41, 5.74) is 7.37. The van der Waals surface area contributed by atoms with Gasteiger partial charge in [-0.05, 0) is 30.3 Å². The fourth-order valence-corrected chi connectivity index (χ4v) is 1.96. The van der Waals surface area contributed by atoms with Crippen molar-refractivity contribution in [3.05, 3.63) is 52.3 Å². The van der Waals surface area contributed by atoms with E-state index in [-0.39, 0.29) is 5.82 Å². The molecule has 0 heterocycles. The Bertz CT molecular complexity index is 541. The molecular formula is C12H8Cl2FN. The molecule has 82 valence electrons. The first-order valence-electron chi connectivity index (χ1n) is 4.58. The van der Waals surface area contributed by atoms with Gasteiger partial charge in [-0.15, -0.1) is 0 Å². The van der Waals surface area contributed by atoms with E-state index >= 15 is 0 Å². The zero-order valence-electron chi connectivity index (χ0n) is 8.18. The minimum atomic E-state index is -0.354. The summed E-state index contributed by atoms with van der Waals surface area (Å²) in [6.07, 6.45) is 0. The predicted octanol–water partition coefficient (Wildman–Crippen LogP) is 4.38. The molecule has 4 heteroatoms. The predicted molar refractivity (Wildman–Crippen MR) is 66.3 cm³/mol. The largest absolute Gasteiger partial charge is 0.399 e. The highest BCUT2D eigenvalue weighted by Gasteiger charge is 2.08. The summed E-state index contributed by atoms with van der Waals surface area (Å²) in [6, 6.07) is 9.18. The van der Waals surface area contributed by atoms with E-state index in [0.29, 0.717) is 26.9 Å². The molecule has 0 radical (unpaired) electrons. The number of hydrogen-bond donors (Lipinski definition) is 1. The van der Waals surface area contributed by atoms with E-state index in [4.69, 9.17) is 28.9 Å². The Hall–Kier alpha value is -1.25. The van der Waals surface area contributed by atoms with Gasteiger partial charge in [-0.25, -0.2) is 4.39 Å². The topological polar surface area (TPSA) is 26.0 Å². The fourth-order valence-electron chi connectivity index (χ4n) is 1.45. The number of rotatable bonds is 1. The maximum absolute atomic E-state index is 13.1. The lowest BCUT2D eigenvalue weighted by molar-refractivity contribution is 0.628. The van der Waals surface area contributed by atoms with Crippen molar-refractivity contribution >= 4 is 28.9 Å². The highest BCUT2D eigenvalue weighted by Crippen LogP contribution is 2.34. The van der Waals surface area contributed by atoms with E-state index in [1.807, 2.05) is 0 Å². The van der Waals surface area contributed by atoms with Gasteiger partial charge in [-0.3, -0.25) is 0 Å². The maximum atomic E-state index is 13.1. The summed E-state index contributed by atoms with van der Waals surface area (Å²) in [7, 11) is 0. The SMILES string of the molecule is Nc1ccc(-c2cc(F)ccc2Cl)c(Cl)c1. The number of nitrogen functional groups attached to an aromatic ring is 1. The van der Waals surface area contributed by atoms with Crippen LogP contribution in [0.1, 0.15) is 0 Å². The molecule has 0 bridgehead atoms. The van der Waals surface area contributed by atoms with Crippen LogP contribution >= 0.6 is 23.2 Å². The summed E-state index contributed by atoms with van der Waals surface area (Å²) < 4.78 is 13.1. The average Bonchev–Trinajstić information content (AvgIpc) is 2.22. The Morgan fingerprint density at radius 1 is 0.875 bits per heavy atom. The van der Waals surface area contributed by atoms with Crippen molar-refractivity contribution in [3.63, 3.8) is 0 Å². The number of hydrogen-bond acceptors (Lipinski definition) is 1. The van der Waals surface area contributed by atoms with Gasteiger partial charge in [0.1, 0.15) is 5.82 Å². The lowest BCUT2D eigenvalue weighted by Crippen LogP contribution is -1.87. The maximum Gasteiger partial charge on any atom is 0.123 e. The Labute approximate surface area is 103 Å². The van der Waals surface area contributed by atoms with Gasteiger partial charge in [0, 0.05) is 21.8 Å². The highest BCUT2D eigenvalue weighted by molar-refractivity contribution is 6.36. The number of halogens is 3. The Morgan fingerprint density at radius 2 is 1.62 bits per heavy atom. The van der Waals surface area contributed by atoms with Crippen LogP contribution in [0.5, 0.6) is 0 Å². The van der Waals surface area contributed by atoms with E-state index in [2.05, 4.69) is 0 Å². The van der Waals surface area contributed by atoms with Crippen LogP contribution in [0.3, 0.4) is 0 Å². The third-order valence-corrected chi connectivity index (χ3v) is 2.85. The molecule has 0 amide bonds. The van der Waals surface area contributed by atoms with E-state index < -0.39 is 0 Å². The van der Waals surface area contributed by atoms with Crippen LogP contribution in [0, 0.1) is 5.82 Å². The summed E-state index contributed by atoms with van der Waals surface area (Å²) in [5, 5.41) is 0.903. The first-order valence-corrected chi connectivity index (χ1v) is 5.34. The molecule has 0 saturated heterocycles. The van der Waals surface area contributed by atoms with Gasteiger partial charge in [0.25, 0.3) is 0 Å². The van der Waals surface area contributed by atoms with Crippen LogP contribution in [0.25, 0.3) is 11.1 Å². The third-order valence-electron chi connectivity index (χ3n) is 2.21.